The number of morpholine rings is 1. The van der Waals surface area contributed by atoms with Crippen LogP contribution in [0.2, 0.25) is 0 Å². The molecule has 0 bridgehead atoms. The summed E-state index contributed by atoms with van der Waals surface area (Å²) in [7, 11) is 0. The van der Waals surface area contributed by atoms with Crippen LogP contribution in [0.25, 0.3) is 16.9 Å². The molecule has 2 aliphatic heterocycles. The molecule has 0 unspecified atom stereocenters. The monoisotopic (exact) mass is 512 g/mol. The molecule has 2 aliphatic rings. The van der Waals surface area contributed by atoms with Crippen molar-refractivity contribution < 1.29 is 14.6 Å². The van der Waals surface area contributed by atoms with Gasteiger partial charge in [-0.1, -0.05) is 18.2 Å². The Morgan fingerprint density at radius 2 is 1.97 bits per heavy atom. The molecule has 1 atom stereocenters. The summed E-state index contributed by atoms with van der Waals surface area (Å²) >= 11 is 0. The Hall–Kier alpha value is -3.82. The topological polar surface area (TPSA) is 96.1 Å². The summed E-state index contributed by atoms with van der Waals surface area (Å²) in [5.41, 5.74) is 6.21. The van der Waals surface area contributed by atoms with E-state index in [1.165, 1.54) is 0 Å². The highest BCUT2D eigenvalue weighted by Crippen LogP contribution is 2.34. The number of ether oxygens (including phenoxy) is 1. The zero-order chi connectivity index (χ0) is 26.1. The minimum Gasteiger partial charge on any atom is -0.392 e. The van der Waals surface area contributed by atoms with Gasteiger partial charge < -0.3 is 19.6 Å². The summed E-state index contributed by atoms with van der Waals surface area (Å²) in [6.45, 7) is 5.63. The Morgan fingerprint density at radius 1 is 1.11 bits per heavy atom. The minimum atomic E-state index is -0.0178. The fourth-order valence-corrected chi connectivity index (χ4v) is 5.56. The first-order valence-corrected chi connectivity index (χ1v) is 13.2. The summed E-state index contributed by atoms with van der Waals surface area (Å²) in [5.74, 6) is 0.270. The van der Waals surface area contributed by atoms with Gasteiger partial charge in [-0.05, 0) is 49.6 Å². The molecule has 1 amide bonds. The Labute approximate surface area is 221 Å². The number of aliphatic hydroxyl groups excluding tert-OH is 1. The molecular weight excluding hydrogens is 480 g/mol. The summed E-state index contributed by atoms with van der Waals surface area (Å²) in [4.78, 5) is 26.2. The van der Waals surface area contributed by atoms with Crippen molar-refractivity contribution in [2.24, 2.45) is 0 Å². The minimum absolute atomic E-state index is 0.0178. The van der Waals surface area contributed by atoms with Crippen LogP contribution in [0.15, 0.2) is 61.1 Å². The van der Waals surface area contributed by atoms with Crippen LogP contribution in [0.3, 0.4) is 0 Å². The number of rotatable bonds is 5. The third-order valence-corrected chi connectivity index (χ3v) is 7.67. The number of carbonyl (C=O) groups excluding carboxylic acids is 1. The van der Waals surface area contributed by atoms with Gasteiger partial charge in [0.2, 0.25) is 0 Å². The standard InChI is InChI=1S/C29H32N6O3/c1-20-19-38-13-12-34(20)26-15-25(23-5-2-4-21(14-23)18-36)32-35-27(17-31-28(26)35)22-7-10-33(11-8-22)29(37)24-6-3-9-30-16-24/h2-6,9,14-17,20,22,36H,7-8,10-13,18-19H2,1H3/t20-/m0/s1. The molecule has 9 nitrogen and oxygen atoms in total. The van der Waals surface area contributed by atoms with Crippen molar-refractivity contribution in [3.8, 4) is 11.3 Å². The summed E-state index contributed by atoms with van der Waals surface area (Å²) in [6.07, 6.45) is 6.95. The van der Waals surface area contributed by atoms with E-state index in [4.69, 9.17) is 14.8 Å². The molecule has 9 heteroatoms. The van der Waals surface area contributed by atoms with Crippen LogP contribution in [-0.2, 0) is 11.3 Å². The molecule has 0 radical (unpaired) electrons. The lowest BCUT2D eigenvalue weighted by Gasteiger charge is -2.35. The molecule has 6 rings (SSSR count). The second kappa shape index (κ2) is 10.5. The molecule has 196 valence electrons. The SMILES string of the molecule is C[C@H]1COCCN1c1cc(-c2cccc(CO)c2)nn2c(C3CCN(C(=O)c4cccnc4)CC3)cnc12. The van der Waals surface area contributed by atoms with Crippen LogP contribution in [-0.4, -0.2) is 74.4 Å². The molecule has 4 aromatic rings. The van der Waals surface area contributed by atoms with E-state index < -0.39 is 0 Å². The van der Waals surface area contributed by atoms with Gasteiger partial charge in [-0.2, -0.15) is 5.10 Å². The number of anilines is 1. The molecule has 2 saturated heterocycles. The summed E-state index contributed by atoms with van der Waals surface area (Å²) in [5, 5.41) is 14.8. The summed E-state index contributed by atoms with van der Waals surface area (Å²) < 4.78 is 7.71. The van der Waals surface area contributed by atoms with Crippen molar-refractivity contribution in [1.29, 1.82) is 0 Å². The number of nitrogens with zero attached hydrogens (tertiary/aromatic N) is 6. The molecule has 0 saturated carbocycles. The maximum Gasteiger partial charge on any atom is 0.255 e. The number of piperidine rings is 1. The van der Waals surface area contributed by atoms with Gasteiger partial charge >= 0.3 is 0 Å². The molecule has 1 aromatic carbocycles. The van der Waals surface area contributed by atoms with Crippen molar-refractivity contribution in [1.82, 2.24) is 24.5 Å². The lowest BCUT2D eigenvalue weighted by Crippen LogP contribution is -2.44. The number of hydrogen-bond donors (Lipinski definition) is 1. The van der Waals surface area contributed by atoms with Gasteiger partial charge in [-0.3, -0.25) is 9.78 Å². The molecule has 5 heterocycles. The molecule has 2 fully saturated rings. The number of carbonyl (C=O) groups is 1. The zero-order valence-corrected chi connectivity index (χ0v) is 21.5. The largest absolute Gasteiger partial charge is 0.392 e. The number of fused-ring (bicyclic) bond motifs is 1. The van der Waals surface area contributed by atoms with Gasteiger partial charge in [0.15, 0.2) is 5.65 Å². The van der Waals surface area contributed by atoms with Crippen molar-refractivity contribution in [3.63, 3.8) is 0 Å². The lowest BCUT2D eigenvalue weighted by atomic mass is 9.93. The molecule has 0 aliphatic carbocycles. The van der Waals surface area contributed by atoms with E-state index in [0.717, 1.165) is 53.2 Å². The number of imidazole rings is 1. The highest BCUT2D eigenvalue weighted by molar-refractivity contribution is 5.93. The van der Waals surface area contributed by atoms with Crippen LogP contribution in [0, 0.1) is 0 Å². The molecule has 0 spiro atoms. The van der Waals surface area contributed by atoms with Gasteiger partial charge in [-0.25, -0.2) is 9.50 Å². The predicted octanol–water partition coefficient (Wildman–Crippen LogP) is 3.53. The quantitative estimate of drug-likeness (QED) is 0.437. The van der Waals surface area contributed by atoms with E-state index in [1.54, 1.807) is 18.5 Å². The van der Waals surface area contributed by atoms with Crippen LogP contribution in [0.5, 0.6) is 0 Å². The Balaban J connectivity index is 1.35. The number of amides is 1. The van der Waals surface area contributed by atoms with Crippen molar-refractivity contribution >= 4 is 17.2 Å². The smallest absolute Gasteiger partial charge is 0.255 e. The molecule has 1 N–H and O–H groups in total. The van der Waals surface area contributed by atoms with E-state index >= 15 is 0 Å². The Morgan fingerprint density at radius 3 is 2.74 bits per heavy atom. The first-order chi connectivity index (χ1) is 18.6. The normalized spacial score (nSPS) is 18.7. The third kappa shape index (κ3) is 4.63. The van der Waals surface area contributed by atoms with Crippen LogP contribution in [0.4, 0.5) is 5.69 Å². The van der Waals surface area contributed by atoms with Crippen molar-refractivity contribution in [3.05, 3.63) is 77.9 Å². The van der Waals surface area contributed by atoms with Crippen LogP contribution >= 0.6 is 0 Å². The van der Waals surface area contributed by atoms with Crippen LogP contribution < -0.4 is 4.90 Å². The Bertz CT molecular complexity index is 1430. The fraction of sp³-hybridized carbons (Fsp3) is 0.379. The number of benzene rings is 1. The van der Waals surface area contributed by atoms with E-state index in [9.17, 15) is 9.90 Å². The highest BCUT2D eigenvalue weighted by atomic mass is 16.5. The number of aromatic nitrogens is 4. The molecular formula is C29H32N6O3. The van der Waals surface area contributed by atoms with E-state index in [2.05, 4.69) is 22.9 Å². The second-order valence-corrected chi connectivity index (χ2v) is 10.1. The third-order valence-electron chi connectivity index (χ3n) is 7.67. The maximum absolute atomic E-state index is 12.9. The predicted molar refractivity (Wildman–Crippen MR) is 144 cm³/mol. The number of hydrogen-bond acceptors (Lipinski definition) is 7. The number of aliphatic hydroxyl groups is 1. The summed E-state index contributed by atoms with van der Waals surface area (Å²) in [6, 6.07) is 13.8. The first-order valence-electron chi connectivity index (χ1n) is 13.2. The van der Waals surface area contributed by atoms with E-state index in [-0.39, 0.29) is 24.5 Å². The van der Waals surface area contributed by atoms with Gasteiger partial charge in [0.05, 0.1) is 48.7 Å². The zero-order valence-electron chi connectivity index (χ0n) is 21.5. The average molecular weight is 513 g/mol. The Kier molecular flexibility index (Phi) is 6.78. The number of likely N-dealkylation sites (tertiary alicyclic amines) is 1. The highest BCUT2D eigenvalue weighted by Gasteiger charge is 2.29. The average Bonchev–Trinajstić information content (AvgIpc) is 3.41. The van der Waals surface area contributed by atoms with Gasteiger partial charge in [0.25, 0.3) is 5.91 Å². The van der Waals surface area contributed by atoms with Crippen LogP contribution in [0.1, 0.15) is 47.3 Å². The second-order valence-electron chi connectivity index (χ2n) is 10.1. The van der Waals surface area contributed by atoms with Gasteiger partial charge in [-0.15, -0.1) is 0 Å². The van der Waals surface area contributed by atoms with Gasteiger partial charge in [0.1, 0.15) is 0 Å². The maximum atomic E-state index is 12.9. The van der Waals surface area contributed by atoms with Crippen molar-refractivity contribution in [2.75, 3.05) is 37.7 Å². The van der Waals surface area contributed by atoms with Gasteiger partial charge in [0, 0.05) is 49.6 Å². The molecule has 3 aromatic heterocycles. The van der Waals surface area contributed by atoms with E-state index in [1.807, 2.05) is 45.9 Å². The fourth-order valence-electron chi connectivity index (χ4n) is 5.56. The first kappa shape index (κ1) is 24.5. The number of pyridine rings is 1. The lowest BCUT2D eigenvalue weighted by molar-refractivity contribution is 0.0711. The van der Waals surface area contributed by atoms with Crippen molar-refractivity contribution in [2.45, 2.75) is 38.3 Å². The molecule has 38 heavy (non-hydrogen) atoms. The van der Waals surface area contributed by atoms with E-state index in [0.29, 0.717) is 31.9 Å².